The van der Waals surface area contributed by atoms with Gasteiger partial charge in [-0.1, -0.05) is 18.2 Å². The van der Waals surface area contributed by atoms with Gasteiger partial charge in [-0.3, -0.25) is 9.48 Å². The first kappa shape index (κ1) is 20.8. The van der Waals surface area contributed by atoms with E-state index in [1.165, 1.54) is 0 Å². The molecule has 1 fully saturated rings. The van der Waals surface area contributed by atoms with E-state index in [-0.39, 0.29) is 23.2 Å². The first-order valence-corrected chi connectivity index (χ1v) is 11.8. The largest absolute Gasteiger partial charge is 0.321 e. The highest BCUT2D eigenvalue weighted by atomic mass is 32.2. The molecule has 0 aliphatic carbocycles. The first-order valence-electron chi connectivity index (χ1n) is 9.95. The Bertz CT molecular complexity index is 1320. The number of hydrogen-bond donors (Lipinski definition) is 1. The fourth-order valence-electron chi connectivity index (χ4n) is 3.73. The van der Waals surface area contributed by atoms with Gasteiger partial charge in [0.2, 0.25) is 0 Å². The molecule has 0 spiro atoms. The smallest absolute Gasteiger partial charge is 0.276 e. The third kappa shape index (κ3) is 4.37. The molecule has 2 heterocycles. The number of hydrogen-bond acceptors (Lipinski definition) is 5. The summed E-state index contributed by atoms with van der Waals surface area (Å²) in [4.78, 5) is 12.9. The number of benzene rings is 2. The van der Waals surface area contributed by atoms with E-state index in [4.69, 9.17) is 5.26 Å². The zero-order chi connectivity index (χ0) is 22.2. The van der Waals surface area contributed by atoms with Crippen molar-refractivity contribution in [3.8, 4) is 17.3 Å². The second kappa shape index (κ2) is 8.00. The van der Waals surface area contributed by atoms with Gasteiger partial charge in [-0.25, -0.2) is 8.42 Å². The molecule has 1 aliphatic rings. The molecule has 1 aromatic heterocycles. The summed E-state index contributed by atoms with van der Waals surface area (Å²) in [5.41, 5.74) is 4.97. The normalized spacial score (nSPS) is 17.3. The van der Waals surface area contributed by atoms with E-state index in [1.807, 2.05) is 38.1 Å². The molecule has 0 bridgehead atoms. The molecule has 4 rings (SSSR count). The van der Waals surface area contributed by atoms with Crippen LogP contribution in [0.3, 0.4) is 0 Å². The number of anilines is 1. The van der Waals surface area contributed by atoms with Crippen molar-refractivity contribution in [3.63, 3.8) is 0 Å². The highest BCUT2D eigenvalue weighted by Crippen LogP contribution is 2.31. The number of rotatable bonds is 4. The maximum atomic E-state index is 12.9. The molecule has 158 valence electrons. The molecule has 7 nitrogen and oxygen atoms in total. The predicted molar refractivity (Wildman–Crippen MR) is 119 cm³/mol. The SMILES string of the molecule is Cc1ccc(-c2cc(C(=O)Nc3cccc(C#N)c3)nn2[C@@H]2CCS(=O)(=O)C2)cc1C. The van der Waals surface area contributed by atoms with Gasteiger partial charge in [0, 0.05) is 11.3 Å². The minimum Gasteiger partial charge on any atom is -0.321 e. The fraction of sp³-hybridized carbons (Fsp3) is 0.261. The van der Waals surface area contributed by atoms with Gasteiger partial charge in [-0.05, 0) is 61.7 Å². The van der Waals surface area contributed by atoms with Crippen LogP contribution < -0.4 is 5.32 Å². The van der Waals surface area contributed by atoms with Crippen LogP contribution in [0.15, 0.2) is 48.5 Å². The van der Waals surface area contributed by atoms with Crippen LogP contribution in [-0.4, -0.2) is 35.6 Å². The van der Waals surface area contributed by atoms with E-state index in [1.54, 1.807) is 35.0 Å². The van der Waals surface area contributed by atoms with E-state index in [0.717, 1.165) is 16.7 Å². The monoisotopic (exact) mass is 434 g/mol. The van der Waals surface area contributed by atoms with Gasteiger partial charge in [0.1, 0.15) is 0 Å². The highest BCUT2D eigenvalue weighted by molar-refractivity contribution is 7.91. The van der Waals surface area contributed by atoms with Gasteiger partial charge in [0.05, 0.1) is 34.9 Å². The Morgan fingerprint density at radius 2 is 1.97 bits per heavy atom. The maximum absolute atomic E-state index is 12.9. The number of nitriles is 1. The summed E-state index contributed by atoms with van der Waals surface area (Å²) in [7, 11) is -3.12. The molecule has 0 radical (unpaired) electrons. The molecular weight excluding hydrogens is 412 g/mol. The fourth-order valence-corrected chi connectivity index (χ4v) is 5.42. The summed E-state index contributed by atoms with van der Waals surface area (Å²) >= 11 is 0. The second-order valence-electron chi connectivity index (χ2n) is 7.86. The lowest BCUT2D eigenvalue weighted by Crippen LogP contribution is -2.16. The van der Waals surface area contributed by atoms with Crippen LogP contribution in [0.2, 0.25) is 0 Å². The van der Waals surface area contributed by atoms with Crippen molar-refractivity contribution in [3.05, 3.63) is 70.9 Å². The average Bonchev–Trinajstić information content (AvgIpc) is 3.33. The number of amides is 1. The third-order valence-corrected chi connectivity index (χ3v) is 7.33. The van der Waals surface area contributed by atoms with Crippen LogP contribution >= 0.6 is 0 Å². The van der Waals surface area contributed by atoms with E-state index >= 15 is 0 Å². The summed E-state index contributed by atoms with van der Waals surface area (Å²) in [6, 6.07) is 16.0. The van der Waals surface area contributed by atoms with Gasteiger partial charge >= 0.3 is 0 Å². The number of carbonyl (C=O) groups is 1. The average molecular weight is 435 g/mol. The quantitative estimate of drug-likeness (QED) is 0.675. The highest BCUT2D eigenvalue weighted by Gasteiger charge is 2.32. The van der Waals surface area contributed by atoms with Crippen molar-refractivity contribution in [2.75, 3.05) is 16.8 Å². The summed E-state index contributed by atoms with van der Waals surface area (Å²) in [5.74, 6) is -0.288. The van der Waals surface area contributed by atoms with Crippen LogP contribution in [0, 0.1) is 25.2 Å². The van der Waals surface area contributed by atoms with E-state index in [0.29, 0.717) is 23.4 Å². The Kier molecular flexibility index (Phi) is 5.38. The number of sulfone groups is 1. The summed E-state index contributed by atoms with van der Waals surface area (Å²) in [5, 5.41) is 16.3. The van der Waals surface area contributed by atoms with Crippen molar-refractivity contribution >= 4 is 21.4 Å². The lowest BCUT2D eigenvalue weighted by Gasteiger charge is -2.14. The Morgan fingerprint density at radius 1 is 1.16 bits per heavy atom. The number of nitrogens with one attached hydrogen (secondary N) is 1. The molecule has 3 aromatic rings. The Hall–Kier alpha value is -3.44. The van der Waals surface area contributed by atoms with Gasteiger partial charge < -0.3 is 5.32 Å². The summed E-state index contributed by atoms with van der Waals surface area (Å²) in [6.07, 6.45) is 0.465. The molecule has 1 amide bonds. The Labute approximate surface area is 181 Å². The molecule has 2 aromatic carbocycles. The molecule has 31 heavy (non-hydrogen) atoms. The molecule has 1 atom stereocenters. The molecule has 8 heteroatoms. The Morgan fingerprint density at radius 3 is 2.65 bits per heavy atom. The van der Waals surface area contributed by atoms with Crippen LogP contribution in [0.25, 0.3) is 11.3 Å². The van der Waals surface area contributed by atoms with Crippen molar-refractivity contribution < 1.29 is 13.2 Å². The minimum absolute atomic E-state index is 0.0117. The third-order valence-electron chi connectivity index (χ3n) is 5.57. The number of nitrogens with zero attached hydrogens (tertiary/aromatic N) is 3. The predicted octanol–water partition coefficient (Wildman–Crippen LogP) is 3.65. The molecule has 1 aliphatic heterocycles. The van der Waals surface area contributed by atoms with Crippen molar-refractivity contribution in [2.24, 2.45) is 0 Å². The van der Waals surface area contributed by atoms with Gasteiger partial charge in [0.15, 0.2) is 15.5 Å². The van der Waals surface area contributed by atoms with E-state index < -0.39 is 15.7 Å². The summed E-state index contributed by atoms with van der Waals surface area (Å²) < 4.78 is 25.8. The zero-order valence-electron chi connectivity index (χ0n) is 17.3. The molecular formula is C23H22N4O3S. The van der Waals surface area contributed by atoms with Crippen molar-refractivity contribution in [1.82, 2.24) is 9.78 Å². The minimum atomic E-state index is -3.12. The van der Waals surface area contributed by atoms with Gasteiger partial charge in [0.25, 0.3) is 5.91 Å². The van der Waals surface area contributed by atoms with E-state index in [2.05, 4.69) is 10.4 Å². The van der Waals surface area contributed by atoms with Crippen LogP contribution in [0.5, 0.6) is 0 Å². The Balaban J connectivity index is 1.72. The molecule has 1 saturated heterocycles. The van der Waals surface area contributed by atoms with Crippen molar-refractivity contribution in [1.29, 1.82) is 5.26 Å². The van der Waals surface area contributed by atoms with Crippen LogP contribution in [0.1, 0.15) is 39.6 Å². The molecule has 0 unspecified atom stereocenters. The topological polar surface area (TPSA) is 105 Å². The lowest BCUT2D eigenvalue weighted by molar-refractivity contribution is 0.102. The van der Waals surface area contributed by atoms with Crippen LogP contribution in [0.4, 0.5) is 5.69 Å². The maximum Gasteiger partial charge on any atom is 0.276 e. The summed E-state index contributed by atoms with van der Waals surface area (Å²) in [6.45, 7) is 4.03. The standard InChI is InChI=1S/C23H22N4O3S/c1-15-6-7-18(10-16(15)2)22-12-21(26-27(22)20-8-9-31(29,30)14-20)23(28)25-19-5-3-4-17(11-19)13-24/h3-7,10-12,20H,8-9,14H2,1-2H3,(H,25,28)/t20-/m1/s1. The zero-order valence-corrected chi connectivity index (χ0v) is 18.1. The van der Waals surface area contributed by atoms with Crippen molar-refractivity contribution in [2.45, 2.75) is 26.3 Å². The molecule has 1 N–H and O–H groups in total. The molecule has 0 saturated carbocycles. The van der Waals surface area contributed by atoms with Gasteiger partial charge in [-0.15, -0.1) is 0 Å². The first-order chi connectivity index (χ1) is 14.8. The van der Waals surface area contributed by atoms with Crippen LogP contribution in [-0.2, 0) is 9.84 Å². The second-order valence-corrected chi connectivity index (χ2v) is 10.1. The lowest BCUT2D eigenvalue weighted by atomic mass is 10.0. The number of aromatic nitrogens is 2. The van der Waals surface area contributed by atoms with E-state index in [9.17, 15) is 13.2 Å². The number of aryl methyl sites for hydroxylation is 2. The number of carbonyl (C=O) groups excluding carboxylic acids is 1. The van der Waals surface area contributed by atoms with Gasteiger partial charge in [-0.2, -0.15) is 10.4 Å².